The van der Waals surface area contributed by atoms with Crippen LogP contribution in [0.5, 0.6) is 0 Å². The van der Waals surface area contributed by atoms with Crippen LogP contribution >= 0.6 is 27.3 Å². The van der Waals surface area contributed by atoms with Gasteiger partial charge in [-0.2, -0.15) is 0 Å². The van der Waals surface area contributed by atoms with Crippen LogP contribution in [0.3, 0.4) is 0 Å². The molecule has 0 saturated carbocycles. The summed E-state index contributed by atoms with van der Waals surface area (Å²) in [5.74, 6) is 0.00766. The first-order valence-electron chi connectivity index (χ1n) is 4.26. The van der Waals surface area contributed by atoms with Gasteiger partial charge in [0.15, 0.2) is 0 Å². The van der Waals surface area contributed by atoms with Crippen LogP contribution in [-0.2, 0) is 0 Å². The van der Waals surface area contributed by atoms with Gasteiger partial charge >= 0.3 is 0 Å². The van der Waals surface area contributed by atoms with Gasteiger partial charge in [-0.1, -0.05) is 6.92 Å². The van der Waals surface area contributed by atoms with Crippen LogP contribution in [0.25, 0.3) is 0 Å². The summed E-state index contributed by atoms with van der Waals surface area (Å²) in [4.78, 5) is 11.5. The minimum absolute atomic E-state index is 0.0905. The lowest BCUT2D eigenvalue weighted by atomic mass is 10.2. The molecule has 1 rings (SSSR count). The van der Waals surface area contributed by atoms with Crippen molar-refractivity contribution in [3.8, 4) is 0 Å². The first-order chi connectivity index (χ1) is 6.63. The molecule has 2 N–H and O–H groups in total. The van der Waals surface area contributed by atoms with Gasteiger partial charge in [0, 0.05) is 18.5 Å². The number of hydrogen-bond acceptors (Lipinski definition) is 3. The maximum Gasteiger partial charge on any atom is 0.252 e. The third-order valence-corrected chi connectivity index (χ3v) is 3.26. The molecule has 1 amide bonds. The van der Waals surface area contributed by atoms with Crippen LogP contribution in [0.1, 0.15) is 17.3 Å². The SMILES string of the molecule is CC(CO)CNC(=O)c1csc(Br)c1. The van der Waals surface area contributed by atoms with Gasteiger partial charge in [0.25, 0.3) is 5.91 Å². The van der Waals surface area contributed by atoms with E-state index in [0.717, 1.165) is 3.79 Å². The molecule has 0 aliphatic carbocycles. The number of rotatable bonds is 4. The molecule has 0 aromatic carbocycles. The van der Waals surface area contributed by atoms with Crippen molar-refractivity contribution in [3.05, 3.63) is 20.8 Å². The minimum atomic E-state index is -0.0905. The van der Waals surface area contributed by atoms with Gasteiger partial charge in [0.1, 0.15) is 0 Å². The van der Waals surface area contributed by atoms with E-state index in [2.05, 4.69) is 21.2 Å². The predicted octanol–water partition coefficient (Wildman–Crippen LogP) is 1.87. The molecule has 0 aliphatic heterocycles. The Bertz CT molecular complexity index is 314. The zero-order chi connectivity index (χ0) is 10.6. The number of halogens is 1. The molecule has 1 aromatic rings. The van der Waals surface area contributed by atoms with Crippen molar-refractivity contribution in [1.29, 1.82) is 0 Å². The van der Waals surface area contributed by atoms with Crippen molar-refractivity contribution >= 4 is 33.2 Å². The third-order valence-electron chi connectivity index (χ3n) is 1.75. The quantitative estimate of drug-likeness (QED) is 0.883. The molecule has 0 radical (unpaired) electrons. The summed E-state index contributed by atoms with van der Waals surface area (Å²) in [5.41, 5.74) is 0.659. The Morgan fingerprint density at radius 2 is 2.50 bits per heavy atom. The van der Waals surface area contributed by atoms with E-state index in [0.29, 0.717) is 12.1 Å². The van der Waals surface area contributed by atoms with Crippen molar-refractivity contribution in [2.24, 2.45) is 5.92 Å². The Kier molecular flexibility index (Phi) is 4.57. The van der Waals surface area contributed by atoms with Gasteiger partial charge in [0.05, 0.1) is 9.35 Å². The van der Waals surface area contributed by atoms with Crippen LogP contribution in [0.15, 0.2) is 15.2 Å². The standard InChI is InChI=1S/C9H12BrNO2S/c1-6(4-12)3-11-9(13)7-2-8(10)14-5-7/h2,5-6,12H,3-4H2,1H3,(H,11,13). The second-order valence-corrected chi connectivity index (χ2v) is 5.43. The van der Waals surface area contributed by atoms with Crippen molar-refractivity contribution in [2.75, 3.05) is 13.2 Å². The highest BCUT2D eigenvalue weighted by atomic mass is 79.9. The lowest BCUT2D eigenvalue weighted by molar-refractivity contribution is 0.0942. The largest absolute Gasteiger partial charge is 0.396 e. The highest BCUT2D eigenvalue weighted by Crippen LogP contribution is 2.20. The molecule has 1 heterocycles. The third kappa shape index (κ3) is 3.40. The molecule has 0 aliphatic rings. The summed E-state index contributed by atoms with van der Waals surface area (Å²) in [6, 6.07) is 1.78. The highest BCUT2D eigenvalue weighted by molar-refractivity contribution is 9.11. The summed E-state index contributed by atoms with van der Waals surface area (Å²) >= 11 is 4.77. The maximum absolute atomic E-state index is 11.5. The number of carbonyl (C=O) groups is 1. The van der Waals surface area contributed by atoms with Crippen molar-refractivity contribution in [2.45, 2.75) is 6.92 Å². The summed E-state index contributed by atoms with van der Waals surface area (Å²) in [7, 11) is 0. The maximum atomic E-state index is 11.5. The summed E-state index contributed by atoms with van der Waals surface area (Å²) in [6.07, 6.45) is 0. The Hall–Kier alpha value is -0.390. The molecule has 3 nitrogen and oxygen atoms in total. The fourth-order valence-electron chi connectivity index (χ4n) is 0.863. The van der Waals surface area contributed by atoms with Gasteiger partial charge in [-0.15, -0.1) is 11.3 Å². The fourth-order valence-corrected chi connectivity index (χ4v) is 2.00. The highest BCUT2D eigenvalue weighted by Gasteiger charge is 2.08. The summed E-state index contributed by atoms with van der Waals surface area (Å²) < 4.78 is 0.942. The van der Waals surface area contributed by atoms with Crippen molar-refractivity contribution in [1.82, 2.24) is 5.32 Å². The van der Waals surface area contributed by atoms with Gasteiger partial charge in [-0.05, 0) is 27.9 Å². The monoisotopic (exact) mass is 277 g/mol. The van der Waals surface area contributed by atoms with E-state index in [4.69, 9.17) is 5.11 Å². The Morgan fingerprint density at radius 1 is 1.79 bits per heavy atom. The number of thiophene rings is 1. The number of hydrogen-bond donors (Lipinski definition) is 2. The topological polar surface area (TPSA) is 49.3 Å². The molecule has 0 bridgehead atoms. The number of nitrogens with one attached hydrogen (secondary N) is 1. The number of aliphatic hydroxyl groups is 1. The van der Waals surface area contributed by atoms with Crippen LogP contribution in [-0.4, -0.2) is 24.2 Å². The molecule has 0 fully saturated rings. The number of carbonyl (C=O) groups excluding carboxylic acids is 1. The zero-order valence-electron chi connectivity index (χ0n) is 7.79. The average Bonchev–Trinajstić information content (AvgIpc) is 2.60. The zero-order valence-corrected chi connectivity index (χ0v) is 10.2. The molecule has 78 valence electrons. The summed E-state index contributed by atoms with van der Waals surface area (Å²) in [5, 5.41) is 13.3. The van der Waals surface area contributed by atoms with E-state index >= 15 is 0 Å². The smallest absolute Gasteiger partial charge is 0.252 e. The Balaban J connectivity index is 2.43. The Morgan fingerprint density at radius 3 is 3.00 bits per heavy atom. The predicted molar refractivity (Wildman–Crippen MR) is 60.6 cm³/mol. The summed E-state index contributed by atoms with van der Waals surface area (Å²) in [6.45, 7) is 2.47. The average molecular weight is 278 g/mol. The van der Waals surface area contributed by atoms with Gasteiger partial charge in [-0.25, -0.2) is 0 Å². The van der Waals surface area contributed by atoms with Crippen LogP contribution < -0.4 is 5.32 Å². The lowest BCUT2D eigenvalue weighted by Gasteiger charge is -2.08. The van der Waals surface area contributed by atoms with Gasteiger partial charge in [-0.3, -0.25) is 4.79 Å². The van der Waals surface area contributed by atoms with Gasteiger partial charge < -0.3 is 10.4 Å². The van der Waals surface area contributed by atoms with E-state index in [1.54, 1.807) is 11.4 Å². The second-order valence-electron chi connectivity index (χ2n) is 3.14. The second kappa shape index (κ2) is 5.48. The fraction of sp³-hybridized carbons (Fsp3) is 0.444. The van der Waals surface area contributed by atoms with Crippen LogP contribution in [0.4, 0.5) is 0 Å². The van der Waals surface area contributed by atoms with E-state index < -0.39 is 0 Å². The first-order valence-corrected chi connectivity index (χ1v) is 5.94. The van der Waals surface area contributed by atoms with E-state index in [9.17, 15) is 4.79 Å². The van der Waals surface area contributed by atoms with Crippen LogP contribution in [0.2, 0.25) is 0 Å². The number of aliphatic hydroxyl groups excluding tert-OH is 1. The molecule has 5 heteroatoms. The van der Waals surface area contributed by atoms with E-state index in [1.165, 1.54) is 11.3 Å². The van der Waals surface area contributed by atoms with Crippen molar-refractivity contribution < 1.29 is 9.90 Å². The lowest BCUT2D eigenvalue weighted by Crippen LogP contribution is -2.29. The van der Waals surface area contributed by atoms with E-state index in [-0.39, 0.29) is 18.4 Å². The van der Waals surface area contributed by atoms with E-state index in [1.807, 2.05) is 6.92 Å². The molecular weight excluding hydrogens is 266 g/mol. The molecule has 1 unspecified atom stereocenters. The molecular formula is C9H12BrNO2S. The molecule has 0 saturated heterocycles. The normalized spacial score (nSPS) is 12.5. The molecule has 0 spiro atoms. The van der Waals surface area contributed by atoms with Crippen molar-refractivity contribution in [3.63, 3.8) is 0 Å². The van der Waals surface area contributed by atoms with Crippen LogP contribution in [0, 0.1) is 5.92 Å². The first kappa shape index (κ1) is 11.7. The molecule has 1 atom stereocenters. The minimum Gasteiger partial charge on any atom is -0.396 e. The van der Waals surface area contributed by atoms with Gasteiger partial charge in [0.2, 0.25) is 0 Å². The Labute approximate surface area is 95.3 Å². The molecule has 1 aromatic heterocycles. The number of amides is 1. The molecule has 14 heavy (non-hydrogen) atoms.